The third-order valence-electron chi connectivity index (χ3n) is 7.96. The van der Waals surface area contributed by atoms with E-state index >= 15 is 0 Å². The normalized spacial score (nSPS) is 27.1. The highest BCUT2D eigenvalue weighted by molar-refractivity contribution is 5.92. The lowest BCUT2D eigenvalue weighted by atomic mass is 9.53. The van der Waals surface area contributed by atoms with E-state index in [-0.39, 0.29) is 17.9 Å². The number of rotatable bonds is 6. The predicted molar refractivity (Wildman–Crippen MR) is 128 cm³/mol. The Morgan fingerprint density at radius 3 is 2.35 bits per heavy atom. The van der Waals surface area contributed by atoms with E-state index in [0.29, 0.717) is 29.4 Å². The van der Waals surface area contributed by atoms with Gasteiger partial charge < -0.3 is 14.9 Å². The number of ether oxygens (including phenoxy) is 1. The lowest BCUT2D eigenvalue weighted by Crippen LogP contribution is -2.67. The molecule has 34 heavy (non-hydrogen) atoms. The molecule has 0 spiro atoms. The number of hydrazine groups is 1. The van der Waals surface area contributed by atoms with Gasteiger partial charge >= 0.3 is 11.9 Å². The monoisotopic (exact) mass is 465 g/mol. The van der Waals surface area contributed by atoms with Gasteiger partial charge in [-0.2, -0.15) is 0 Å². The molecule has 4 fully saturated rings. The summed E-state index contributed by atoms with van der Waals surface area (Å²) in [6, 6.07) is 8.92. The molecule has 182 valence electrons. The van der Waals surface area contributed by atoms with Crippen LogP contribution >= 0.6 is 0 Å². The molecule has 6 rings (SSSR count). The fourth-order valence-corrected chi connectivity index (χ4v) is 6.87. The van der Waals surface area contributed by atoms with E-state index in [1.54, 1.807) is 12.1 Å². The summed E-state index contributed by atoms with van der Waals surface area (Å²) in [7, 11) is 0. The van der Waals surface area contributed by atoms with Crippen molar-refractivity contribution in [3.05, 3.63) is 53.0 Å². The third kappa shape index (κ3) is 4.28. The number of nitrogens with one attached hydrogen (secondary N) is 1. The van der Waals surface area contributed by atoms with Crippen molar-refractivity contribution < 1.29 is 18.7 Å². The Kier molecular flexibility index (Phi) is 5.82. The van der Waals surface area contributed by atoms with E-state index in [1.165, 1.54) is 24.3 Å². The maximum Gasteiger partial charge on any atom is 0.334 e. The smallest absolute Gasteiger partial charge is 0.334 e. The second-order valence-corrected chi connectivity index (χ2v) is 11.0. The summed E-state index contributed by atoms with van der Waals surface area (Å²) in [6.45, 7) is 6.49. The molecule has 3 N–H and O–H groups in total. The molecule has 4 bridgehead atoms. The van der Waals surface area contributed by atoms with Gasteiger partial charge in [-0.05, 0) is 98.4 Å². The summed E-state index contributed by atoms with van der Waals surface area (Å²) in [5.74, 6) is 3.24. The van der Waals surface area contributed by atoms with Gasteiger partial charge in [0.15, 0.2) is 5.76 Å². The Balaban J connectivity index is 1.27. The number of amides is 3. The predicted octanol–water partition coefficient (Wildman–Crippen LogP) is 5.28. The summed E-state index contributed by atoms with van der Waals surface area (Å²) >= 11 is 0. The Morgan fingerprint density at radius 1 is 1.12 bits per heavy atom. The van der Waals surface area contributed by atoms with Gasteiger partial charge in [-0.3, -0.25) is 10.2 Å². The molecule has 7 nitrogen and oxygen atoms in total. The van der Waals surface area contributed by atoms with Crippen molar-refractivity contribution in [1.29, 1.82) is 0 Å². The van der Waals surface area contributed by atoms with Crippen LogP contribution in [0.1, 0.15) is 85.7 Å². The van der Waals surface area contributed by atoms with E-state index in [9.17, 15) is 9.59 Å². The molecule has 4 saturated carbocycles. The van der Waals surface area contributed by atoms with Crippen LogP contribution in [0.15, 0.2) is 34.7 Å². The molecule has 1 aromatic heterocycles. The van der Waals surface area contributed by atoms with E-state index in [2.05, 4.69) is 31.4 Å². The van der Waals surface area contributed by atoms with Crippen molar-refractivity contribution in [3.63, 3.8) is 0 Å². The Labute approximate surface area is 201 Å². The van der Waals surface area contributed by atoms with Gasteiger partial charge in [0.2, 0.25) is 0 Å². The highest BCUT2D eigenvalue weighted by Crippen LogP contribution is 2.57. The maximum atomic E-state index is 13.0. The molecule has 2 aromatic rings. The number of aryl methyl sites for hydroxylation is 1. The average molecular weight is 466 g/mol. The van der Waals surface area contributed by atoms with Crippen LogP contribution in [-0.4, -0.2) is 22.5 Å². The van der Waals surface area contributed by atoms with Crippen LogP contribution in [0.4, 0.5) is 4.79 Å². The summed E-state index contributed by atoms with van der Waals surface area (Å²) in [6.07, 6.45) is 6.44. The zero-order chi connectivity index (χ0) is 24.0. The first-order valence-corrected chi connectivity index (χ1v) is 12.4. The number of nitrogens with zero attached hydrogens (tertiary/aromatic N) is 1. The third-order valence-corrected chi connectivity index (χ3v) is 7.96. The number of nitrogens with two attached hydrogens (primary N) is 1. The first-order chi connectivity index (χ1) is 16.2. The Hall–Kier alpha value is -2.96. The number of benzene rings is 1. The molecule has 1 aromatic carbocycles. The molecule has 0 aliphatic heterocycles. The van der Waals surface area contributed by atoms with E-state index < -0.39 is 11.9 Å². The highest BCUT2D eigenvalue weighted by atomic mass is 16.5. The molecule has 0 atom stereocenters. The van der Waals surface area contributed by atoms with Crippen LogP contribution in [0.25, 0.3) is 0 Å². The van der Waals surface area contributed by atoms with Crippen molar-refractivity contribution >= 4 is 11.9 Å². The van der Waals surface area contributed by atoms with Crippen LogP contribution in [0.5, 0.6) is 5.75 Å². The lowest BCUT2D eigenvalue weighted by molar-refractivity contribution is -0.0821. The molecular formula is C27H35N3O4. The molecule has 1 heterocycles. The standard InChI is InChI=1S/C27H35N3O4/c1-16(2)22-6-4-17(3)8-24(22)33-15-21-5-7-23(34-21)25(31)29-30(26(28)32)27-12-18-9-19(13-27)11-20(10-18)14-27/h4-8,16,18-20H,9-15H2,1-3H3,(H2,28,32)(H,29,31). The van der Waals surface area contributed by atoms with Gasteiger partial charge in [-0.1, -0.05) is 26.0 Å². The van der Waals surface area contributed by atoms with Gasteiger partial charge in [-0.25, -0.2) is 9.80 Å². The SMILES string of the molecule is Cc1ccc(C(C)C)c(OCc2ccc(C(=O)NN(C(N)=O)C34CC5CC(CC(C5)C3)C4)o2)c1. The second kappa shape index (κ2) is 8.67. The van der Waals surface area contributed by atoms with Crippen LogP contribution in [-0.2, 0) is 6.61 Å². The molecule has 0 saturated heterocycles. The fourth-order valence-electron chi connectivity index (χ4n) is 6.87. The van der Waals surface area contributed by atoms with Crippen molar-refractivity contribution in [2.75, 3.05) is 0 Å². The Bertz CT molecular complexity index is 1050. The van der Waals surface area contributed by atoms with E-state index in [0.717, 1.165) is 36.1 Å². The number of carbonyl (C=O) groups is 2. The summed E-state index contributed by atoms with van der Waals surface area (Å²) in [5, 5.41) is 1.42. The molecular weight excluding hydrogens is 430 g/mol. The topological polar surface area (TPSA) is 97.8 Å². The van der Waals surface area contributed by atoms with Crippen LogP contribution in [0.2, 0.25) is 0 Å². The molecule has 3 amide bonds. The van der Waals surface area contributed by atoms with Gasteiger partial charge in [0, 0.05) is 0 Å². The summed E-state index contributed by atoms with van der Waals surface area (Å²) in [4.78, 5) is 25.5. The largest absolute Gasteiger partial charge is 0.485 e. The zero-order valence-electron chi connectivity index (χ0n) is 20.3. The molecule has 7 heteroatoms. The second-order valence-electron chi connectivity index (χ2n) is 11.0. The molecule has 0 radical (unpaired) electrons. The van der Waals surface area contributed by atoms with Gasteiger partial charge in [0.05, 0.1) is 5.54 Å². The van der Waals surface area contributed by atoms with Gasteiger partial charge in [-0.15, -0.1) is 0 Å². The summed E-state index contributed by atoms with van der Waals surface area (Å²) < 4.78 is 11.8. The lowest BCUT2D eigenvalue weighted by Gasteiger charge is -2.59. The van der Waals surface area contributed by atoms with Crippen molar-refractivity contribution in [1.82, 2.24) is 10.4 Å². The first kappa shape index (κ1) is 22.8. The molecule has 0 unspecified atom stereocenters. The minimum absolute atomic E-state index is 0.142. The van der Waals surface area contributed by atoms with E-state index in [1.807, 2.05) is 13.0 Å². The number of primary amides is 1. The number of urea groups is 1. The fraction of sp³-hybridized carbons (Fsp3) is 0.556. The summed E-state index contributed by atoms with van der Waals surface area (Å²) in [5.41, 5.74) is 10.4. The van der Waals surface area contributed by atoms with Crippen LogP contribution in [0.3, 0.4) is 0 Å². The maximum absolute atomic E-state index is 13.0. The Morgan fingerprint density at radius 2 is 1.76 bits per heavy atom. The van der Waals surface area contributed by atoms with E-state index in [4.69, 9.17) is 14.9 Å². The van der Waals surface area contributed by atoms with Gasteiger partial charge in [0.25, 0.3) is 0 Å². The number of hydrogen-bond acceptors (Lipinski definition) is 4. The molecule has 4 aliphatic rings. The minimum atomic E-state index is -0.605. The quantitative estimate of drug-likeness (QED) is 0.567. The first-order valence-electron chi connectivity index (χ1n) is 12.4. The highest BCUT2D eigenvalue weighted by Gasteiger charge is 2.55. The number of furan rings is 1. The zero-order valence-corrected chi connectivity index (χ0v) is 20.3. The molecule has 4 aliphatic carbocycles. The van der Waals surface area contributed by atoms with Crippen molar-refractivity contribution in [2.45, 2.75) is 77.4 Å². The van der Waals surface area contributed by atoms with Gasteiger partial charge in [0.1, 0.15) is 18.1 Å². The van der Waals surface area contributed by atoms with Crippen LogP contribution in [0, 0.1) is 24.7 Å². The van der Waals surface area contributed by atoms with Crippen LogP contribution < -0.4 is 15.9 Å². The minimum Gasteiger partial charge on any atom is -0.485 e. The van der Waals surface area contributed by atoms with Crippen molar-refractivity contribution in [3.8, 4) is 5.75 Å². The average Bonchev–Trinajstić information content (AvgIpc) is 3.23. The number of carbonyl (C=O) groups excluding carboxylic acids is 2. The number of hydrogen-bond donors (Lipinski definition) is 2. The van der Waals surface area contributed by atoms with Crippen molar-refractivity contribution in [2.24, 2.45) is 23.5 Å².